The van der Waals surface area contributed by atoms with Crippen LogP contribution in [0.15, 0.2) is 27.8 Å². The van der Waals surface area contributed by atoms with Crippen LogP contribution < -0.4 is 10.6 Å². The normalized spacial score (nSPS) is 17.0. The topological polar surface area (TPSA) is 65.3 Å². The largest absolute Gasteiger partial charge is 0.467 e. The number of rotatable bonds is 12. The molecule has 1 saturated heterocycles. The van der Waals surface area contributed by atoms with Crippen molar-refractivity contribution in [2.45, 2.75) is 33.8 Å². The number of nitrogens with zero attached hydrogens (tertiary/aromatic N) is 3. The number of halogens is 1. The van der Waals surface area contributed by atoms with Crippen molar-refractivity contribution in [3.63, 3.8) is 0 Å². The Hall–Kier alpha value is -0.840. The second-order valence-electron chi connectivity index (χ2n) is 7.47. The SMILES string of the molecule is CCNC(=NCC(C)CN1CCN(CC)CC1)NCCCOCc1ccco1.I. The van der Waals surface area contributed by atoms with Crippen LogP contribution in [-0.2, 0) is 11.3 Å². The number of ether oxygens (including phenoxy) is 1. The zero-order valence-electron chi connectivity index (χ0n) is 18.4. The number of likely N-dealkylation sites (N-methyl/N-ethyl adjacent to an activating group) is 1. The summed E-state index contributed by atoms with van der Waals surface area (Å²) in [6.45, 7) is 17.5. The number of hydrogen-bond donors (Lipinski definition) is 2. The molecule has 29 heavy (non-hydrogen) atoms. The van der Waals surface area contributed by atoms with Gasteiger partial charge in [0.25, 0.3) is 0 Å². The third kappa shape index (κ3) is 11.2. The summed E-state index contributed by atoms with van der Waals surface area (Å²) in [7, 11) is 0. The highest BCUT2D eigenvalue weighted by molar-refractivity contribution is 14.0. The van der Waals surface area contributed by atoms with Gasteiger partial charge in [0.05, 0.1) is 6.26 Å². The van der Waals surface area contributed by atoms with Gasteiger partial charge in [-0.25, -0.2) is 0 Å². The van der Waals surface area contributed by atoms with E-state index in [2.05, 4.69) is 41.2 Å². The fraction of sp³-hybridized carbons (Fsp3) is 0.762. The molecule has 0 bridgehead atoms. The van der Waals surface area contributed by atoms with E-state index in [0.29, 0.717) is 19.1 Å². The number of nitrogens with one attached hydrogen (secondary N) is 2. The molecule has 1 aromatic heterocycles. The van der Waals surface area contributed by atoms with E-state index in [9.17, 15) is 0 Å². The van der Waals surface area contributed by atoms with Crippen molar-refractivity contribution >= 4 is 29.9 Å². The van der Waals surface area contributed by atoms with Crippen LogP contribution in [0, 0.1) is 5.92 Å². The summed E-state index contributed by atoms with van der Waals surface area (Å²) in [6.07, 6.45) is 2.61. The van der Waals surface area contributed by atoms with Gasteiger partial charge >= 0.3 is 0 Å². The first-order valence-corrected chi connectivity index (χ1v) is 10.8. The van der Waals surface area contributed by atoms with Crippen LogP contribution >= 0.6 is 24.0 Å². The lowest BCUT2D eigenvalue weighted by Gasteiger charge is -2.35. The molecule has 2 N–H and O–H groups in total. The maximum atomic E-state index is 5.62. The summed E-state index contributed by atoms with van der Waals surface area (Å²) in [5.74, 6) is 2.32. The Bertz CT molecular complexity index is 533. The van der Waals surface area contributed by atoms with Crippen LogP contribution in [0.1, 0.15) is 33.0 Å². The highest BCUT2D eigenvalue weighted by atomic mass is 127. The Morgan fingerprint density at radius 1 is 1.21 bits per heavy atom. The van der Waals surface area contributed by atoms with Crippen LogP contribution in [0.25, 0.3) is 0 Å². The lowest BCUT2D eigenvalue weighted by Crippen LogP contribution is -2.47. The van der Waals surface area contributed by atoms with Gasteiger partial charge in [0.2, 0.25) is 0 Å². The van der Waals surface area contributed by atoms with E-state index >= 15 is 0 Å². The first-order valence-electron chi connectivity index (χ1n) is 10.8. The Balaban J connectivity index is 0.00000420. The Kier molecular flexibility index (Phi) is 14.4. The first kappa shape index (κ1) is 26.2. The van der Waals surface area contributed by atoms with Crippen molar-refractivity contribution in [2.75, 3.05) is 65.5 Å². The lowest BCUT2D eigenvalue weighted by molar-refractivity contribution is 0.105. The standard InChI is InChI=1S/C21H39N5O2.HI/c1-4-22-21(23-9-7-14-27-18-20-8-6-15-28-20)24-16-19(3)17-26-12-10-25(5-2)11-13-26;/h6,8,15,19H,4-5,7,9-14,16-18H2,1-3H3,(H2,22,23,24);1H. The average molecular weight is 521 g/mol. The quantitative estimate of drug-likeness (QED) is 0.191. The summed E-state index contributed by atoms with van der Waals surface area (Å²) < 4.78 is 10.9. The second kappa shape index (κ2) is 15.9. The third-order valence-corrected chi connectivity index (χ3v) is 4.97. The maximum absolute atomic E-state index is 5.62. The molecule has 1 atom stereocenters. The van der Waals surface area contributed by atoms with Crippen LogP contribution in [0.2, 0.25) is 0 Å². The van der Waals surface area contributed by atoms with E-state index in [-0.39, 0.29) is 24.0 Å². The van der Waals surface area contributed by atoms with Crippen molar-refractivity contribution in [1.82, 2.24) is 20.4 Å². The molecule has 2 heterocycles. The molecule has 0 radical (unpaired) electrons. The van der Waals surface area contributed by atoms with Gasteiger partial charge < -0.3 is 29.6 Å². The van der Waals surface area contributed by atoms with Crippen molar-refractivity contribution < 1.29 is 9.15 Å². The summed E-state index contributed by atoms with van der Waals surface area (Å²) in [5, 5.41) is 6.73. The monoisotopic (exact) mass is 521 g/mol. The molecule has 0 aliphatic carbocycles. The van der Waals surface area contributed by atoms with E-state index in [4.69, 9.17) is 14.1 Å². The van der Waals surface area contributed by atoms with Crippen molar-refractivity contribution in [3.05, 3.63) is 24.2 Å². The van der Waals surface area contributed by atoms with Gasteiger partial charge in [-0.3, -0.25) is 4.99 Å². The Morgan fingerprint density at radius 3 is 2.62 bits per heavy atom. The number of aliphatic imine (C=N–C) groups is 1. The molecule has 1 unspecified atom stereocenters. The molecule has 0 spiro atoms. The van der Waals surface area contributed by atoms with Crippen LogP contribution in [0.5, 0.6) is 0 Å². The highest BCUT2D eigenvalue weighted by Crippen LogP contribution is 2.06. The molecule has 0 amide bonds. The molecule has 2 rings (SSSR count). The minimum atomic E-state index is 0. The molecule has 0 aromatic carbocycles. The summed E-state index contributed by atoms with van der Waals surface area (Å²) >= 11 is 0. The van der Waals surface area contributed by atoms with E-state index in [1.54, 1.807) is 6.26 Å². The lowest BCUT2D eigenvalue weighted by atomic mass is 10.1. The molecular formula is C21H40IN5O2. The molecule has 1 fully saturated rings. The van der Waals surface area contributed by atoms with Gasteiger partial charge in [-0.2, -0.15) is 0 Å². The predicted molar refractivity (Wildman–Crippen MR) is 130 cm³/mol. The van der Waals surface area contributed by atoms with E-state index < -0.39 is 0 Å². The van der Waals surface area contributed by atoms with Crippen LogP contribution in [0.3, 0.4) is 0 Å². The Labute approximate surface area is 193 Å². The van der Waals surface area contributed by atoms with Crippen molar-refractivity contribution in [2.24, 2.45) is 10.9 Å². The molecule has 0 saturated carbocycles. The second-order valence-corrected chi connectivity index (χ2v) is 7.47. The molecule has 1 aliphatic rings. The van der Waals surface area contributed by atoms with E-state index in [0.717, 1.165) is 44.3 Å². The summed E-state index contributed by atoms with van der Waals surface area (Å²) in [5.41, 5.74) is 0. The number of piperazine rings is 1. The molecular weight excluding hydrogens is 481 g/mol. The van der Waals surface area contributed by atoms with Crippen molar-refractivity contribution in [3.8, 4) is 0 Å². The molecule has 8 heteroatoms. The number of guanidine groups is 1. The van der Waals surface area contributed by atoms with Crippen molar-refractivity contribution in [1.29, 1.82) is 0 Å². The number of hydrogen-bond acceptors (Lipinski definition) is 5. The zero-order valence-corrected chi connectivity index (χ0v) is 20.7. The van der Waals surface area contributed by atoms with Crippen LogP contribution in [0.4, 0.5) is 0 Å². The minimum absolute atomic E-state index is 0. The Morgan fingerprint density at radius 2 is 1.97 bits per heavy atom. The molecule has 7 nitrogen and oxygen atoms in total. The van der Waals surface area contributed by atoms with Gasteiger partial charge in [0, 0.05) is 59.0 Å². The highest BCUT2D eigenvalue weighted by Gasteiger charge is 2.17. The third-order valence-electron chi connectivity index (χ3n) is 4.97. The fourth-order valence-electron chi connectivity index (χ4n) is 3.32. The van der Waals surface area contributed by atoms with Gasteiger partial charge in [0.1, 0.15) is 12.4 Å². The fourth-order valence-corrected chi connectivity index (χ4v) is 3.32. The number of furan rings is 1. The van der Waals surface area contributed by atoms with Gasteiger partial charge in [-0.05, 0) is 37.9 Å². The molecule has 1 aromatic rings. The summed E-state index contributed by atoms with van der Waals surface area (Å²) in [4.78, 5) is 9.86. The predicted octanol–water partition coefficient (Wildman–Crippen LogP) is 2.63. The maximum Gasteiger partial charge on any atom is 0.191 e. The zero-order chi connectivity index (χ0) is 20.0. The molecule has 1 aliphatic heterocycles. The molecule has 168 valence electrons. The van der Waals surface area contributed by atoms with E-state index in [1.807, 2.05) is 12.1 Å². The van der Waals surface area contributed by atoms with E-state index in [1.165, 1.54) is 32.7 Å². The van der Waals surface area contributed by atoms with Gasteiger partial charge in [0.15, 0.2) is 5.96 Å². The van der Waals surface area contributed by atoms with Gasteiger partial charge in [-0.15, -0.1) is 24.0 Å². The summed E-state index contributed by atoms with van der Waals surface area (Å²) in [6, 6.07) is 3.81. The first-order chi connectivity index (χ1) is 13.7. The minimum Gasteiger partial charge on any atom is -0.467 e. The average Bonchev–Trinajstić information content (AvgIpc) is 3.22. The smallest absolute Gasteiger partial charge is 0.191 e. The van der Waals surface area contributed by atoms with Crippen LogP contribution in [-0.4, -0.2) is 81.3 Å². The van der Waals surface area contributed by atoms with Gasteiger partial charge in [-0.1, -0.05) is 13.8 Å².